The van der Waals surface area contributed by atoms with Crippen molar-refractivity contribution in [3.63, 3.8) is 0 Å². The van der Waals surface area contributed by atoms with Crippen LogP contribution in [0.4, 0.5) is 4.79 Å². The Balaban J connectivity index is 1.52. The van der Waals surface area contributed by atoms with Crippen molar-refractivity contribution in [3.05, 3.63) is 18.5 Å². The molecule has 1 saturated heterocycles. The molecule has 1 aromatic rings. The fourth-order valence-electron chi connectivity index (χ4n) is 3.92. The molecule has 2 N–H and O–H groups in total. The highest BCUT2D eigenvalue weighted by Crippen LogP contribution is 2.38. The summed E-state index contributed by atoms with van der Waals surface area (Å²) in [5, 5.41) is 9.82. The highest BCUT2D eigenvalue weighted by molar-refractivity contribution is 6.09. The quantitative estimate of drug-likeness (QED) is 0.743. The first kappa shape index (κ1) is 18.4. The van der Waals surface area contributed by atoms with Gasteiger partial charge in [0.2, 0.25) is 5.91 Å². The summed E-state index contributed by atoms with van der Waals surface area (Å²) < 4.78 is 1.81. The van der Waals surface area contributed by atoms with Gasteiger partial charge in [0, 0.05) is 25.5 Å². The number of carbonyl (C=O) groups excluding carboxylic acids is 3. The van der Waals surface area contributed by atoms with Gasteiger partial charge in [0.05, 0.1) is 0 Å². The molecular formula is C18H27N5O3. The maximum Gasteiger partial charge on any atom is 0.325 e. The second-order valence-corrected chi connectivity index (χ2v) is 7.58. The lowest BCUT2D eigenvalue weighted by molar-refractivity contribution is -0.137. The molecule has 3 rings (SSSR count). The number of nitrogens with one attached hydrogen (secondary N) is 2. The van der Waals surface area contributed by atoms with E-state index in [1.54, 1.807) is 6.20 Å². The van der Waals surface area contributed by atoms with Crippen LogP contribution < -0.4 is 10.6 Å². The van der Waals surface area contributed by atoms with Gasteiger partial charge in [0.25, 0.3) is 5.91 Å². The van der Waals surface area contributed by atoms with E-state index in [1.807, 2.05) is 30.8 Å². The molecule has 0 radical (unpaired) electrons. The van der Waals surface area contributed by atoms with E-state index in [2.05, 4.69) is 15.7 Å². The molecule has 2 aliphatic rings. The summed E-state index contributed by atoms with van der Waals surface area (Å²) in [6.07, 6.45) is 7.14. The minimum Gasteiger partial charge on any atom is -0.354 e. The number of aromatic nitrogens is 2. The summed E-state index contributed by atoms with van der Waals surface area (Å²) in [6, 6.07) is 1.40. The van der Waals surface area contributed by atoms with Crippen LogP contribution >= 0.6 is 0 Å². The molecule has 3 unspecified atom stereocenters. The Morgan fingerprint density at radius 3 is 2.96 bits per heavy atom. The van der Waals surface area contributed by atoms with Crippen molar-refractivity contribution < 1.29 is 14.4 Å². The van der Waals surface area contributed by atoms with E-state index < -0.39 is 11.6 Å². The Kier molecular flexibility index (Phi) is 5.29. The SMILES string of the molecule is CC(CNC(=O)CN1C(=O)NC2(CCCCC2C)C1=O)Cn1cccn1. The summed E-state index contributed by atoms with van der Waals surface area (Å²) >= 11 is 0. The first-order valence-electron chi connectivity index (χ1n) is 9.30. The lowest BCUT2D eigenvalue weighted by atomic mass is 9.73. The summed E-state index contributed by atoms with van der Waals surface area (Å²) in [7, 11) is 0. The normalized spacial score (nSPS) is 26.8. The first-order valence-corrected chi connectivity index (χ1v) is 9.30. The Morgan fingerprint density at radius 2 is 2.27 bits per heavy atom. The van der Waals surface area contributed by atoms with Gasteiger partial charge in [-0.1, -0.05) is 26.7 Å². The summed E-state index contributed by atoms with van der Waals surface area (Å²) in [6.45, 7) is 4.93. The molecule has 3 atom stereocenters. The Labute approximate surface area is 153 Å². The van der Waals surface area contributed by atoms with E-state index >= 15 is 0 Å². The molecule has 1 saturated carbocycles. The van der Waals surface area contributed by atoms with Gasteiger partial charge in [0.1, 0.15) is 12.1 Å². The number of carbonyl (C=O) groups is 3. The number of urea groups is 1. The molecule has 142 valence electrons. The predicted molar refractivity (Wildman–Crippen MR) is 95.0 cm³/mol. The molecule has 2 fully saturated rings. The largest absolute Gasteiger partial charge is 0.354 e. The van der Waals surface area contributed by atoms with Crippen LogP contribution in [0, 0.1) is 11.8 Å². The van der Waals surface area contributed by atoms with Gasteiger partial charge in [-0.25, -0.2) is 4.79 Å². The van der Waals surface area contributed by atoms with Gasteiger partial charge in [-0.05, 0) is 30.7 Å². The first-order chi connectivity index (χ1) is 12.4. The van der Waals surface area contributed by atoms with Crippen molar-refractivity contribution in [2.45, 2.75) is 51.6 Å². The number of amides is 4. The van der Waals surface area contributed by atoms with Crippen molar-refractivity contribution in [2.75, 3.05) is 13.1 Å². The predicted octanol–water partition coefficient (Wildman–Crippen LogP) is 1.14. The van der Waals surface area contributed by atoms with Crippen LogP contribution in [0.25, 0.3) is 0 Å². The van der Waals surface area contributed by atoms with Gasteiger partial charge < -0.3 is 10.6 Å². The fourth-order valence-corrected chi connectivity index (χ4v) is 3.92. The lowest BCUT2D eigenvalue weighted by Crippen LogP contribution is -2.54. The van der Waals surface area contributed by atoms with E-state index in [4.69, 9.17) is 0 Å². The highest BCUT2D eigenvalue weighted by Gasteiger charge is 2.55. The molecule has 1 spiro atoms. The summed E-state index contributed by atoms with van der Waals surface area (Å²) in [5.41, 5.74) is -0.816. The molecule has 1 aliphatic heterocycles. The Bertz CT molecular complexity index is 674. The molecule has 2 heterocycles. The van der Waals surface area contributed by atoms with Crippen LogP contribution in [0.3, 0.4) is 0 Å². The van der Waals surface area contributed by atoms with Crippen LogP contribution in [0.2, 0.25) is 0 Å². The van der Waals surface area contributed by atoms with Crippen molar-refractivity contribution in [2.24, 2.45) is 11.8 Å². The molecule has 26 heavy (non-hydrogen) atoms. The summed E-state index contributed by atoms with van der Waals surface area (Å²) in [4.78, 5) is 38.4. The van der Waals surface area contributed by atoms with Crippen LogP contribution in [0.15, 0.2) is 18.5 Å². The second kappa shape index (κ2) is 7.47. The zero-order valence-electron chi connectivity index (χ0n) is 15.4. The number of hydrogen-bond acceptors (Lipinski definition) is 4. The van der Waals surface area contributed by atoms with Crippen LogP contribution in [0.5, 0.6) is 0 Å². The third kappa shape index (κ3) is 3.59. The smallest absolute Gasteiger partial charge is 0.325 e. The number of nitrogens with zero attached hydrogens (tertiary/aromatic N) is 3. The fraction of sp³-hybridized carbons (Fsp3) is 0.667. The number of hydrogen-bond donors (Lipinski definition) is 2. The van der Waals surface area contributed by atoms with Gasteiger partial charge in [0.15, 0.2) is 0 Å². The van der Waals surface area contributed by atoms with Gasteiger partial charge >= 0.3 is 6.03 Å². The van der Waals surface area contributed by atoms with E-state index in [9.17, 15) is 14.4 Å². The molecule has 1 aromatic heterocycles. The van der Waals surface area contributed by atoms with Crippen LogP contribution in [0.1, 0.15) is 39.5 Å². The second-order valence-electron chi connectivity index (χ2n) is 7.58. The highest BCUT2D eigenvalue weighted by atomic mass is 16.2. The average molecular weight is 361 g/mol. The van der Waals surface area contributed by atoms with E-state index in [0.29, 0.717) is 19.5 Å². The van der Waals surface area contributed by atoms with Gasteiger partial charge in [-0.2, -0.15) is 5.10 Å². The monoisotopic (exact) mass is 361 g/mol. The van der Waals surface area contributed by atoms with Crippen molar-refractivity contribution >= 4 is 17.8 Å². The third-order valence-electron chi connectivity index (χ3n) is 5.51. The summed E-state index contributed by atoms with van der Waals surface area (Å²) in [5.74, 6) is -0.294. The van der Waals surface area contributed by atoms with Crippen molar-refractivity contribution in [1.29, 1.82) is 0 Å². The van der Waals surface area contributed by atoms with E-state index in [1.165, 1.54) is 0 Å². The topological polar surface area (TPSA) is 96.3 Å². The van der Waals surface area contributed by atoms with Crippen molar-refractivity contribution in [1.82, 2.24) is 25.3 Å². The number of imide groups is 1. The molecule has 1 aliphatic carbocycles. The average Bonchev–Trinajstić information content (AvgIpc) is 3.19. The molecule has 8 nitrogen and oxygen atoms in total. The lowest BCUT2D eigenvalue weighted by Gasteiger charge is -2.36. The molecule has 0 aromatic carbocycles. The van der Waals surface area contributed by atoms with Crippen LogP contribution in [-0.2, 0) is 16.1 Å². The minimum atomic E-state index is -0.816. The molecular weight excluding hydrogens is 334 g/mol. The molecule has 0 bridgehead atoms. The molecule has 8 heteroatoms. The zero-order chi connectivity index (χ0) is 18.7. The standard InChI is InChI=1S/C18H27N5O3/c1-13(11-22-9-5-8-20-22)10-19-15(24)12-23-16(25)18(21-17(23)26)7-4-3-6-14(18)2/h5,8-9,13-14H,3-4,6-7,10-12H2,1-2H3,(H,19,24)(H,21,26). The van der Waals surface area contributed by atoms with E-state index in [-0.39, 0.29) is 30.2 Å². The molecule has 4 amide bonds. The maximum atomic E-state index is 12.8. The Morgan fingerprint density at radius 1 is 1.46 bits per heavy atom. The minimum absolute atomic E-state index is 0.0925. The van der Waals surface area contributed by atoms with Gasteiger partial charge in [-0.15, -0.1) is 0 Å². The van der Waals surface area contributed by atoms with Crippen molar-refractivity contribution in [3.8, 4) is 0 Å². The van der Waals surface area contributed by atoms with Gasteiger partial charge in [-0.3, -0.25) is 19.2 Å². The van der Waals surface area contributed by atoms with E-state index in [0.717, 1.165) is 24.2 Å². The maximum absolute atomic E-state index is 12.8. The van der Waals surface area contributed by atoms with Crippen LogP contribution in [-0.4, -0.2) is 51.2 Å². The Hall–Kier alpha value is -2.38. The number of rotatable bonds is 6. The third-order valence-corrected chi connectivity index (χ3v) is 5.51. The zero-order valence-corrected chi connectivity index (χ0v) is 15.4.